The number of nitrogens with zero attached hydrogens (tertiary/aromatic N) is 1. The van der Waals surface area contributed by atoms with Crippen LogP contribution in [0.2, 0.25) is 0 Å². The van der Waals surface area contributed by atoms with E-state index in [9.17, 15) is 4.79 Å². The second-order valence-electron chi connectivity index (χ2n) is 4.96. The molecule has 0 saturated carbocycles. The van der Waals surface area contributed by atoms with Gasteiger partial charge in [-0.1, -0.05) is 46.3 Å². The Hall–Kier alpha value is -1.65. The number of carbonyl (C=O) groups is 1. The third-order valence-corrected chi connectivity index (χ3v) is 4.20. The van der Waals surface area contributed by atoms with E-state index in [4.69, 9.17) is 5.73 Å². The summed E-state index contributed by atoms with van der Waals surface area (Å²) in [6.07, 6.45) is 0. The fraction of sp³-hybridized carbons (Fsp3) is 0.235. The molecule has 0 heterocycles. The molecule has 1 amide bonds. The molecule has 0 bridgehead atoms. The van der Waals surface area contributed by atoms with Crippen molar-refractivity contribution in [3.8, 4) is 0 Å². The first-order valence-corrected chi connectivity index (χ1v) is 7.70. The van der Waals surface area contributed by atoms with Crippen molar-refractivity contribution in [1.29, 1.82) is 0 Å². The maximum absolute atomic E-state index is 12.7. The molecule has 0 radical (unpaired) electrons. The SMILES string of the molecule is Cc1cc(C(=O)N(CCN)Cc2ccccc2)ccc1Br. The first kappa shape index (κ1) is 15.7. The highest BCUT2D eigenvalue weighted by Gasteiger charge is 2.16. The maximum atomic E-state index is 12.7. The number of nitrogens with two attached hydrogens (primary N) is 1. The van der Waals surface area contributed by atoms with Crippen LogP contribution in [0.3, 0.4) is 0 Å². The Kier molecular flexibility index (Phi) is 5.53. The van der Waals surface area contributed by atoms with E-state index in [0.717, 1.165) is 15.6 Å². The van der Waals surface area contributed by atoms with Gasteiger partial charge in [-0.2, -0.15) is 0 Å². The molecule has 0 fully saturated rings. The lowest BCUT2D eigenvalue weighted by atomic mass is 10.1. The van der Waals surface area contributed by atoms with Crippen LogP contribution in [-0.2, 0) is 6.54 Å². The van der Waals surface area contributed by atoms with Crippen molar-refractivity contribution in [2.75, 3.05) is 13.1 Å². The van der Waals surface area contributed by atoms with E-state index < -0.39 is 0 Å². The van der Waals surface area contributed by atoms with Crippen molar-refractivity contribution in [3.05, 3.63) is 69.7 Å². The topological polar surface area (TPSA) is 46.3 Å². The third-order valence-electron chi connectivity index (χ3n) is 3.31. The van der Waals surface area contributed by atoms with Gasteiger partial charge in [-0.25, -0.2) is 0 Å². The quantitative estimate of drug-likeness (QED) is 0.902. The summed E-state index contributed by atoms with van der Waals surface area (Å²) in [5.41, 5.74) is 8.50. The summed E-state index contributed by atoms with van der Waals surface area (Å²) in [4.78, 5) is 14.4. The van der Waals surface area contributed by atoms with Crippen LogP contribution < -0.4 is 5.73 Å². The van der Waals surface area contributed by atoms with E-state index in [0.29, 0.717) is 25.2 Å². The number of halogens is 1. The standard InChI is InChI=1S/C17H19BrN2O/c1-13-11-15(7-8-16(13)18)17(21)20(10-9-19)12-14-5-3-2-4-6-14/h2-8,11H,9-10,12,19H2,1H3. The van der Waals surface area contributed by atoms with Crippen molar-refractivity contribution >= 4 is 21.8 Å². The lowest BCUT2D eigenvalue weighted by Gasteiger charge is -2.22. The number of carbonyl (C=O) groups excluding carboxylic acids is 1. The van der Waals surface area contributed by atoms with Crippen molar-refractivity contribution in [2.24, 2.45) is 5.73 Å². The van der Waals surface area contributed by atoms with Crippen molar-refractivity contribution < 1.29 is 4.79 Å². The highest BCUT2D eigenvalue weighted by molar-refractivity contribution is 9.10. The highest BCUT2D eigenvalue weighted by atomic mass is 79.9. The van der Waals surface area contributed by atoms with Gasteiger partial charge in [0.15, 0.2) is 0 Å². The predicted molar refractivity (Wildman–Crippen MR) is 89.1 cm³/mol. The molecule has 110 valence electrons. The Morgan fingerprint density at radius 2 is 1.90 bits per heavy atom. The number of hydrogen-bond donors (Lipinski definition) is 1. The lowest BCUT2D eigenvalue weighted by Crippen LogP contribution is -2.34. The zero-order valence-electron chi connectivity index (χ0n) is 12.1. The molecule has 21 heavy (non-hydrogen) atoms. The molecule has 0 aliphatic carbocycles. The smallest absolute Gasteiger partial charge is 0.254 e. The predicted octanol–water partition coefficient (Wildman–Crippen LogP) is 3.36. The van der Waals surface area contributed by atoms with E-state index in [1.165, 1.54) is 0 Å². The molecule has 0 aromatic heterocycles. The van der Waals surface area contributed by atoms with Gasteiger partial charge in [0, 0.05) is 29.7 Å². The number of amides is 1. The molecule has 0 saturated heterocycles. The molecule has 2 N–H and O–H groups in total. The zero-order chi connectivity index (χ0) is 15.2. The van der Waals surface area contributed by atoms with Crippen molar-refractivity contribution in [2.45, 2.75) is 13.5 Å². The van der Waals surface area contributed by atoms with Crippen LogP contribution >= 0.6 is 15.9 Å². The maximum Gasteiger partial charge on any atom is 0.254 e. The Morgan fingerprint density at radius 3 is 2.52 bits per heavy atom. The molecule has 0 aliphatic heterocycles. The highest BCUT2D eigenvalue weighted by Crippen LogP contribution is 2.18. The molecular weight excluding hydrogens is 328 g/mol. The van der Waals surface area contributed by atoms with Gasteiger partial charge in [-0.3, -0.25) is 4.79 Å². The minimum Gasteiger partial charge on any atom is -0.333 e. The first-order chi connectivity index (χ1) is 10.1. The van der Waals surface area contributed by atoms with Crippen molar-refractivity contribution in [1.82, 2.24) is 4.90 Å². The summed E-state index contributed by atoms with van der Waals surface area (Å²) < 4.78 is 1.01. The van der Waals surface area contributed by atoms with Gasteiger partial charge in [-0.05, 0) is 36.2 Å². The Balaban J connectivity index is 2.20. The van der Waals surface area contributed by atoms with Gasteiger partial charge in [-0.15, -0.1) is 0 Å². The van der Waals surface area contributed by atoms with Gasteiger partial charge in [0.25, 0.3) is 5.91 Å². The summed E-state index contributed by atoms with van der Waals surface area (Å²) >= 11 is 3.46. The summed E-state index contributed by atoms with van der Waals surface area (Å²) in [6, 6.07) is 15.6. The molecule has 0 aliphatic rings. The summed E-state index contributed by atoms with van der Waals surface area (Å²) in [5.74, 6) is 0.0138. The zero-order valence-corrected chi connectivity index (χ0v) is 13.6. The minimum absolute atomic E-state index is 0.0138. The fourth-order valence-corrected chi connectivity index (χ4v) is 2.42. The molecule has 3 nitrogen and oxygen atoms in total. The Bertz CT molecular complexity index is 613. The van der Waals surface area contributed by atoms with E-state index in [1.54, 1.807) is 4.90 Å². The van der Waals surface area contributed by atoms with Crippen LogP contribution in [0, 0.1) is 6.92 Å². The Morgan fingerprint density at radius 1 is 1.19 bits per heavy atom. The van der Waals surface area contributed by atoms with E-state index >= 15 is 0 Å². The van der Waals surface area contributed by atoms with Gasteiger partial charge in [0.05, 0.1) is 0 Å². The lowest BCUT2D eigenvalue weighted by molar-refractivity contribution is 0.0748. The van der Waals surface area contributed by atoms with Gasteiger partial charge in [0.2, 0.25) is 0 Å². The number of rotatable bonds is 5. The van der Waals surface area contributed by atoms with Crippen LogP contribution in [0.1, 0.15) is 21.5 Å². The number of aryl methyl sites for hydroxylation is 1. The second-order valence-corrected chi connectivity index (χ2v) is 5.82. The largest absolute Gasteiger partial charge is 0.333 e. The molecule has 2 rings (SSSR count). The normalized spacial score (nSPS) is 10.4. The molecule has 0 unspecified atom stereocenters. The molecule has 2 aromatic rings. The molecule has 4 heteroatoms. The van der Waals surface area contributed by atoms with E-state index in [-0.39, 0.29) is 5.91 Å². The first-order valence-electron chi connectivity index (χ1n) is 6.91. The molecule has 0 atom stereocenters. The second kappa shape index (κ2) is 7.38. The van der Waals surface area contributed by atoms with E-state index in [1.807, 2.05) is 55.5 Å². The third kappa shape index (κ3) is 4.16. The summed E-state index contributed by atoms with van der Waals surface area (Å²) in [5, 5.41) is 0. The summed E-state index contributed by atoms with van der Waals surface area (Å²) in [6.45, 7) is 3.55. The average molecular weight is 347 g/mol. The molecule has 0 spiro atoms. The number of benzene rings is 2. The average Bonchev–Trinajstić information content (AvgIpc) is 2.50. The van der Waals surface area contributed by atoms with Gasteiger partial charge >= 0.3 is 0 Å². The van der Waals surface area contributed by atoms with Crippen LogP contribution in [-0.4, -0.2) is 23.9 Å². The number of hydrogen-bond acceptors (Lipinski definition) is 2. The molecular formula is C17H19BrN2O. The van der Waals surface area contributed by atoms with Gasteiger partial charge in [0.1, 0.15) is 0 Å². The molecule has 2 aromatic carbocycles. The minimum atomic E-state index is 0.0138. The summed E-state index contributed by atoms with van der Waals surface area (Å²) in [7, 11) is 0. The van der Waals surface area contributed by atoms with Crippen molar-refractivity contribution in [3.63, 3.8) is 0 Å². The van der Waals surface area contributed by atoms with Crippen LogP contribution in [0.25, 0.3) is 0 Å². The van der Waals surface area contributed by atoms with Gasteiger partial charge < -0.3 is 10.6 Å². The van der Waals surface area contributed by atoms with Crippen LogP contribution in [0.15, 0.2) is 53.0 Å². The monoisotopic (exact) mass is 346 g/mol. The van der Waals surface area contributed by atoms with Crippen LogP contribution in [0.4, 0.5) is 0 Å². The van der Waals surface area contributed by atoms with E-state index in [2.05, 4.69) is 15.9 Å². The fourth-order valence-electron chi connectivity index (χ4n) is 2.17. The van der Waals surface area contributed by atoms with Crippen LogP contribution in [0.5, 0.6) is 0 Å². The Labute approximate surface area is 133 Å².